The third kappa shape index (κ3) is 4.76. The van der Waals surface area contributed by atoms with Crippen LogP contribution in [-0.4, -0.2) is 31.8 Å². The lowest BCUT2D eigenvalue weighted by Crippen LogP contribution is -2.35. The van der Waals surface area contributed by atoms with Crippen molar-refractivity contribution >= 4 is 49.9 Å². The van der Waals surface area contributed by atoms with Crippen molar-refractivity contribution in [3.63, 3.8) is 0 Å². The monoisotopic (exact) mass is 390 g/mol. The Balaban J connectivity index is 2.29. The molecule has 0 spiro atoms. The molecule has 0 aliphatic heterocycles. The maximum atomic E-state index is 12.2. The number of sulfonamides is 1. The molecule has 0 aliphatic carbocycles. The first kappa shape index (κ1) is 20.2. The van der Waals surface area contributed by atoms with Gasteiger partial charge in [-0.15, -0.1) is 0 Å². The van der Waals surface area contributed by atoms with Gasteiger partial charge < -0.3 is 5.32 Å². The van der Waals surface area contributed by atoms with Crippen molar-refractivity contribution in [2.24, 2.45) is 0 Å². The van der Waals surface area contributed by atoms with Crippen molar-refractivity contribution < 1.29 is 27.6 Å². The van der Waals surface area contributed by atoms with Crippen LogP contribution in [0.5, 0.6) is 0 Å². The van der Waals surface area contributed by atoms with Crippen LogP contribution in [0.15, 0.2) is 41.3 Å². The van der Waals surface area contributed by atoms with E-state index in [1.165, 1.54) is 31.2 Å². The minimum atomic E-state index is -4.18. The van der Waals surface area contributed by atoms with Crippen molar-refractivity contribution in [1.29, 1.82) is 0 Å². The Hall–Kier alpha value is -3.07. The first-order valence-corrected chi connectivity index (χ1v) is 9.64. The summed E-state index contributed by atoms with van der Waals surface area (Å²) < 4.78 is 26.2. The summed E-state index contributed by atoms with van der Waals surface area (Å²) >= 11 is 0. The fraction of sp³-hybridized carbons (Fsp3) is 0.222. The van der Waals surface area contributed by atoms with E-state index < -0.39 is 33.4 Å². The van der Waals surface area contributed by atoms with Gasteiger partial charge in [-0.3, -0.25) is 19.2 Å². The normalized spacial score (nSPS) is 11.0. The van der Waals surface area contributed by atoms with Gasteiger partial charge in [0.1, 0.15) is 0 Å². The topological polar surface area (TPSA) is 126 Å². The van der Waals surface area contributed by atoms with Gasteiger partial charge in [-0.05, 0) is 35.0 Å². The standard InChI is InChI=1S/C18H18N2O6S/c1-3-15(21)17(23)19-13-7-5-12-10-14(8-6-11(12)9-13)27(25,26)20-18(24)16(22)4-2/h5-10H,3-4H2,1-2H3,(H,19,23)(H,20,24). The molecule has 27 heavy (non-hydrogen) atoms. The SMILES string of the molecule is CCC(=O)C(=O)Nc1ccc2cc(S(=O)(=O)NC(=O)C(=O)CC)ccc2c1. The first-order chi connectivity index (χ1) is 12.7. The van der Waals surface area contributed by atoms with E-state index in [-0.39, 0.29) is 17.7 Å². The molecule has 0 radical (unpaired) electrons. The summed E-state index contributed by atoms with van der Waals surface area (Å²) in [5.41, 5.74) is 0.395. The van der Waals surface area contributed by atoms with Gasteiger partial charge in [0, 0.05) is 18.5 Å². The van der Waals surface area contributed by atoms with E-state index in [4.69, 9.17) is 0 Å². The van der Waals surface area contributed by atoms with Crippen molar-refractivity contribution in [1.82, 2.24) is 4.72 Å². The summed E-state index contributed by atoms with van der Waals surface area (Å²) in [6, 6.07) is 8.79. The van der Waals surface area contributed by atoms with Crippen LogP contribution < -0.4 is 10.0 Å². The number of hydrogen-bond acceptors (Lipinski definition) is 6. The zero-order chi connectivity index (χ0) is 20.2. The quantitative estimate of drug-likeness (QED) is 0.691. The lowest BCUT2D eigenvalue weighted by atomic mass is 10.1. The molecule has 0 atom stereocenters. The smallest absolute Gasteiger partial charge is 0.301 e. The van der Waals surface area contributed by atoms with Crippen LogP contribution in [0.1, 0.15) is 26.7 Å². The summed E-state index contributed by atoms with van der Waals surface area (Å²) in [5.74, 6) is -3.29. The van der Waals surface area contributed by atoms with Crippen molar-refractivity contribution in [3.05, 3.63) is 36.4 Å². The molecule has 0 unspecified atom stereocenters. The molecule has 0 fully saturated rings. The van der Waals surface area contributed by atoms with E-state index >= 15 is 0 Å². The van der Waals surface area contributed by atoms with E-state index in [1.54, 1.807) is 23.8 Å². The summed E-state index contributed by atoms with van der Waals surface area (Å²) in [5, 5.41) is 3.62. The molecule has 0 aromatic heterocycles. The Morgan fingerprint density at radius 2 is 1.37 bits per heavy atom. The zero-order valence-corrected chi connectivity index (χ0v) is 15.6. The maximum absolute atomic E-state index is 12.2. The van der Waals surface area contributed by atoms with Crippen LogP contribution in [0.3, 0.4) is 0 Å². The van der Waals surface area contributed by atoms with Gasteiger partial charge >= 0.3 is 5.91 Å². The van der Waals surface area contributed by atoms with Gasteiger partial charge in [0.15, 0.2) is 0 Å². The Bertz CT molecular complexity index is 1040. The van der Waals surface area contributed by atoms with Gasteiger partial charge in [0.2, 0.25) is 11.6 Å². The van der Waals surface area contributed by atoms with Crippen LogP contribution >= 0.6 is 0 Å². The number of fused-ring (bicyclic) bond motifs is 1. The minimum absolute atomic E-state index is 0.0902. The van der Waals surface area contributed by atoms with Gasteiger partial charge in [-0.25, -0.2) is 13.1 Å². The van der Waals surface area contributed by atoms with E-state index in [0.717, 1.165) is 0 Å². The van der Waals surface area contributed by atoms with Crippen molar-refractivity contribution in [2.75, 3.05) is 5.32 Å². The number of amides is 2. The molecule has 9 heteroatoms. The second-order valence-corrected chi connectivity index (χ2v) is 7.35. The Morgan fingerprint density at radius 1 is 0.815 bits per heavy atom. The summed E-state index contributed by atoms with van der Waals surface area (Å²) in [6.07, 6.45) is -0.0129. The van der Waals surface area contributed by atoms with Crippen molar-refractivity contribution in [2.45, 2.75) is 31.6 Å². The Kier molecular flexibility index (Phi) is 6.06. The largest absolute Gasteiger partial charge is 0.319 e. The average Bonchev–Trinajstić information content (AvgIpc) is 2.65. The van der Waals surface area contributed by atoms with E-state index in [2.05, 4.69) is 5.32 Å². The molecular formula is C18H18N2O6S. The molecule has 0 saturated heterocycles. The number of hydrogen-bond donors (Lipinski definition) is 2. The molecular weight excluding hydrogens is 372 g/mol. The predicted octanol–water partition coefficient (Wildman–Crippen LogP) is 1.54. The molecule has 0 aliphatic rings. The first-order valence-electron chi connectivity index (χ1n) is 8.16. The molecule has 142 valence electrons. The Morgan fingerprint density at radius 3 is 2.00 bits per heavy atom. The number of anilines is 1. The molecule has 2 amide bonds. The maximum Gasteiger partial charge on any atom is 0.301 e. The fourth-order valence-electron chi connectivity index (χ4n) is 2.23. The number of rotatable bonds is 7. The van der Waals surface area contributed by atoms with E-state index in [9.17, 15) is 27.6 Å². The molecule has 8 nitrogen and oxygen atoms in total. The highest BCUT2D eigenvalue weighted by Crippen LogP contribution is 2.22. The third-order valence-corrected chi connectivity index (χ3v) is 5.08. The number of nitrogens with one attached hydrogen (secondary N) is 2. The highest BCUT2D eigenvalue weighted by atomic mass is 32.2. The average molecular weight is 390 g/mol. The molecule has 2 N–H and O–H groups in total. The summed E-state index contributed by atoms with van der Waals surface area (Å²) in [7, 11) is -4.18. The van der Waals surface area contributed by atoms with Crippen molar-refractivity contribution in [3.8, 4) is 0 Å². The second-order valence-electron chi connectivity index (χ2n) is 5.67. The molecule has 2 aromatic rings. The minimum Gasteiger partial charge on any atom is -0.319 e. The summed E-state index contributed by atoms with van der Waals surface area (Å²) in [4.78, 5) is 45.7. The number of Topliss-reactive ketones (excluding diaryl/α,β-unsaturated/α-hetero) is 2. The van der Waals surface area contributed by atoms with Gasteiger partial charge in [-0.1, -0.05) is 26.0 Å². The van der Waals surface area contributed by atoms with E-state index in [0.29, 0.717) is 16.5 Å². The zero-order valence-electron chi connectivity index (χ0n) is 14.7. The molecule has 2 rings (SSSR count). The van der Waals surface area contributed by atoms with Crippen LogP contribution in [0, 0.1) is 0 Å². The van der Waals surface area contributed by atoms with Crippen LogP contribution in [0.2, 0.25) is 0 Å². The van der Waals surface area contributed by atoms with Gasteiger partial charge in [-0.2, -0.15) is 0 Å². The Labute approximate surface area is 156 Å². The van der Waals surface area contributed by atoms with Crippen LogP contribution in [-0.2, 0) is 29.2 Å². The van der Waals surface area contributed by atoms with Crippen LogP contribution in [0.25, 0.3) is 10.8 Å². The van der Waals surface area contributed by atoms with Gasteiger partial charge in [0.25, 0.3) is 15.9 Å². The number of benzene rings is 2. The highest BCUT2D eigenvalue weighted by molar-refractivity contribution is 7.90. The molecule has 0 saturated carbocycles. The molecule has 0 bridgehead atoms. The third-order valence-electron chi connectivity index (χ3n) is 3.76. The molecule has 2 aromatic carbocycles. The van der Waals surface area contributed by atoms with Crippen LogP contribution in [0.4, 0.5) is 5.69 Å². The summed E-state index contributed by atoms with van der Waals surface area (Å²) in [6.45, 7) is 3.03. The lowest BCUT2D eigenvalue weighted by molar-refractivity contribution is -0.136. The van der Waals surface area contributed by atoms with E-state index in [1.807, 2.05) is 0 Å². The predicted molar refractivity (Wildman–Crippen MR) is 98.5 cm³/mol. The second kappa shape index (κ2) is 8.09. The number of carbonyl (C=O) groups excluding carboxylic acids is 4. The fourth-order valence-corrected chi connectivity index (χ4v) is 3.23. The number of carbonyl (C=O) groups is 4. The van der Waals surface area contributed by atoms with Gasteiger partial charge in [0.05, 0.1) is 4.90 Å². The lowest BCUT2D eigenvalue weighted by Gasteiger charge is -2.09. The molecule has 0 heterocycles. The number of ketones is 2. The highest BCUT2D eigenvalue weighted by Gasteiger charge is 2.21.